The Morgan fingerprint density at radius 3 is 1.78 bits per heavy atom. The molecule has 10 rings (SSSR count). The average molecular weight is 628 g/mol. The van der Waals surface area contributed by atoms with Gasteiger partial charge in [-0.25, -0.2) is 0 Å². The van der Waals surface area contributed by atoms with E-state index in [4.69, 9.17) is 11.3 Å². The van der Waals surface area contributed by atoms with Gasteiger partial charge in [0.25, 0.3) is 0 Å². The fourth-order valence-corrected chi connectivity index (χ4v) is 7.65. The number of hydrogen-bond acceptors (Lipinski definition) is 1. The van der Waals surface area contributed by atoms with Gasteiger partial charge in [0, 0.05) is 16.2 Å². The predicted octanol–water partition coefficient (Wildman–Crippen LogP) is 13.7. The van der Waals surface area contributed by atoms with Crippen molar-refractivity contribution >= 4 is 54.3 Å². The van der Waals surface area contributed by atoms with Crippen molar-refractivity contribution in [3.63, 3.8) is 0 Å². The van der Waals surface area contributed by atoms with Crippen LogP contribution in [0.1, 0.15) is 6.85 Å². The molecule has 0 atom stereocenters. The highest BCUT2D eigenvalue weighted by atomic mass is 16.3. The van der Waals surface area contributed by atoms with Crippen molar-refractivity contribution in [3.8, 4) is 44.5 Å². The van der Waals surface area contributed by atoms with Crippen molar-refractivity contribution in [2.45, 2.75) is 0 Å². The van der Waals surface area contributed by atoms with Crippen LogP contribution in [0.4, 0.5) is 0 Å². The molecule has 0 saturated carbocycles. The minimum absolute atomic E-state index is 0.179. The van der Waals surface area contributed by atoms with E-state index in [1.165, 1.54) is 0 Å². The van der Waals surface area contributed by atoms with Crippen molar-refractivity contribution < 1.29 is 11.3 Å². The van der Waals surface area contributed by atoms with E-state index >= 15 is 0 Å². The van der Waals surface area contributed by atoms with Gasteiger partial charge in [-0.05, 0) is 89.6 Å². The fraction of sp³-hybridized carbons (Fsp3) is 0. The van der Waals surface area contributed by atoms with Gasteiger partial charge in [0.15, 0.2) is 0 Å². The molecule has 9 aromatic carbocycles. The Balaban J connectivity index is 1.30. The molecule has 0 aliphatic rings. The van der Waals surface area contributed by atoms with E-state index in [1.807, 2.05) is 60.7 Å². The zero-order valence-corrected chi connectivity index (χ0v) is 26.3. The summed E-state index contributed by atoms with van der Waals surface area (Å²) < 4.78 is 49.9. The molecule has 1 heteroatoms. The molecule has 0 saturated heterocycles. The first-order chi connectivity index (χ1) is 26.4. The molecule has 1 heterocycles. The topological polar surface area (TPSA) is 13.1 Å². The van der Waals surface area contributed by atoms with Gasteiger partial charge in [0.2, 0.25) is 0 Å². The number of rotatable bonds is 4. The highest BCUT2D eigenvalue weighted by Crippen LogP contribution is 2.48. The van der Waals surface area contributed by atoms with Crippen molar-refractivity contribution in [2.75, 3.05) is 0 Å². The van der Waals surface area contributed by atoms with Gasteiger partial charge < -0.3 is 4.42 Å². The molecule has 0 amide bonds. The van der Waals surface area contributed by atoms with E-state index in [1.54, 1.807) is 0 Å². The van der Waals surface area contributed by atoms with Crippen molar-refractivity contribution in [3.05, 3.63) is 182 Å². The summed E-state index contributed by atoms with van der Waals surface area (Å²) in [5, 5.41) is 8.58. The van der Waals surface area contributed by atoms with Crippen LogP contribution >= 0.6 is 0 Å². The fourth-order valence-electron chi connectivity index (χ4n) is 7.65. The number of fused-ring (bicyclic) bond motifs is 7. The Morgan fingerprint density at radius 1 is 0.388 bits per heavy atom. The standard InChI is InChI=1S/C48H30O/c1-3-14-31(15-4-1)35-28-27-34(30-43(35)32-16-5-2-6-17-32)45-37-20-9-11-22-39(37)46(40-23-12-10-21-38(40)45)41-24-13-25-44-47(41)42-29-26-33-18-7-8-19-36(33)48(42)49-44/h1-30H/i2D,5D,6D,16D,17D. The first-order valence-electron chi connectivity index (χ1n) is 18.9. The zero-order valence-electron chi connectivity index (χ0n) is 31.3. The van der Waals surface area contributed by atoms with Gasteiger partial charge in [-0.1, -0.05) is 164 Å². The summed E-state index contributed by atoms with van der Waals surface area (Å²) >= 11 is 0. The third kappa shape index (κ3) is 4.33. The third-order valence-electron chi connectivity index (χ3n) is 9.75. The van der Waals surface area contributed by atoms with Crippen LogP contribution in [-0.4, -0.2) is 0 Å². The monoisotopic (exact) mass is 627 g/mol. The summed E-state index contributed by atoms with van der Waals surface area (Å²) in [4.78, 5) is 0. The Bertz CT molecular complexity index is 3080. The van der Waals surface area contributed by atoms with Crippen LogP contribution in [0.2, 0.25) is 0 Å². The van der Waals surface area contributed by atoms with Crippen LogP contribution in [-0.2, 0) is 0 Å². The van der Waals surface area contributed by atoms with Gasteiger partial charge in [-0.3, -0.25) is 0 Å². The molecule has 0 aliphatic carbocycles. The summed E-state index contributed by atoms with van der Waals surface area (Å²) in [5.74, 6) is 0. The highest BCUT2D eigenvalue weighted by molar-refractivity contribution is 6.27. The van der Waals surface area contributed by atoms with E-state index < -0.39 is 6.04 Å². The summed E-state index contributed by atoms with van der Waals surface area (Å²) in [5.41, 5.74) is 8.22. The van der Waals surface area contributed by atoms with Gasteiger partial charge in [0.1, 0.15) is 11.2 Å². The molecule has 1 aromatic heterocycles. The van der Waals surface area contributed by atoms with Crippen molar-refractivity contribution in [1.82, 2.24) is 0 Å². The molecule has 228 valence electrons. The molecule has 0 spiro atoms. The van der Waals surface area contributed by atoms with E-state index in [9.17, 15) is 0 Å². The van der Waals surface area contributed by atoms with Gasteiger partial charge in [0.05, 0.1) is 6.85 Å². The minimum atomic E-state index is -0.410. The largest absolute Gasteiger partial charge is 0.455 e. The van der Waals surface area contributed by atoms with Crippen molar-refractivity contribution in [2.24, 2.45) is 0 Å². The Kier molecular flexibility index (Phi) is 5.20. The average Bonchev–Trinajstić information content (AvgIpc) is 3.61. The second-order valence-electron chi connectivity index (χ2n) is 12.4. The lowest BCUT2D eigenvalue weighted by Gasteiger charge is -2.19. The van der Waals surface area contributed by atoms with Crippen molar-refractivity contribution in [1.29, 1.82) is 0 Å². The molecule has 0 N–H and O–H groups in total. The number of hydrogen-bond donors (Lipinski definition) is 0. The third-order valence-corrected chi connectivity index (χ3v) is 9.75. The maximum Gasteiger partial charge on any atom is 0.143 e. The molecule has 49 heavy (non-hydrogen) atoms. The van der Waals surface area contributed by atoms with Crippen LogP contribution in [0, 0.1) is 0 Å². The molecular weight excluding hydrogens is 593 g/mol. The summed E-state index contributed by atoms with van der Waals surface area (Å²) in [7, 11) is 0. The van der Waals surface area contributed by atoms with Crippen LogP contribution in [0.25, 0.3) is 98.8 Å². The molecule has 0 radical (unpaired) electrons. The predicted molar refractivity (Wildman–Crippen MR) is 208 cm³/mol. The highest BCUT2D eigenvalue weighted by Gasteiger charge is 2.21. The molecule has 1 nitrogen and oxygen atoms in total. The second kappa shape index (κ2) is 11.1. The molecular formula is C48H30O. The molecule has 0 aliphatic heterocycles. The maximum atomic E-state index is 8.97. The molecule has 0 bridgehead atoms. The zero-order chi connectivity index (χ0) is 36.7. The first kappa shape index (κ1) is 23.0. The smallest absolute Gasteiger partial charge is 0.143 e. The Labute approximate surface area is 291 Å². The van der Waals surface area contributed by atoms with E-state index in [-0.39, 0.29) is 29.7 Å². The van der Waals surface area contributed by atoms with Gasteiger partial charge in [-0.15, -0.1) is 0 Å². The molecule has 10 aromatic rings. The van der Waals surface area contributed by atoms with E-state index in [2.05, 4.69) is 91.0 Å². The summed E-state index contributed by atoms with van der Waals surface area (Å²) in [6.07, 6.45) is 0. The van der Waals surface area contributed by atoms with E-state index in [0.29, 0.717) is 5.56 Å². The maximum absolute atomic E-state index is 8.97. The summed E-state index contributed by atoms with van der Waals surface area (Å²) in [6, 6.07) is 50.2. The number of benzene rings is 9. The second-order valence-corrected chi connectivity index (χ2v) is 12.4. The Morgan fingerprint density at radius 2 is 1.04 bits per heavy atom. The normalized spacial score (nSPS) is 13.1. The Hall–Kier alpha value is -6.44. The first-order valence-corrected chi connectivity index (χ1v) is 16.4. The SMILES string of the molecule is [2H]c1c([2H])c([2H])c(-c2cc(-c3c4ccccc4c(-c4cccc5oc6c7ccccc7ccc6c45)c4ccccc34)ccc2-c2ccccc2)c([2H])c1[2H]. The van der Waals surface area contributed by atoms with Crippen LogP contribution in [0.3, 0.4) is 0 Å². The lowest BCUT2D eigenvalue weighted by atomic mass is 9.83. The van der Waals surface area contributed by atoms with Crippen LogP contribution in [0.5, 0.6) is 0 Å². The minimum Gasteiger partial charge on any atom is -0.455 e. The quantitative estimate of drug-likeness (QED) is 0.177. The van der Waals surface area contributed by atoms with Crippen LogP contribution in [0.15, 0.2) is 186 Å². The van der Waals surface area contributed by atoms with Crippen LogP contribution < -0.4 is 0 Å². The number of furan rings is 1. The van der Waals surface area contributed by atoms with Gasteiger partial charge in [-0.2, -0.15) is 0 Å². The summed E-state index contributed by atoms with van der Waals surface area (Å²) in [6.45, 7) is 0. The molecule has 0 unspecified atom stereocenters. The lowest BCUT2D eigenvalue weighted by Crippen LogP contribution is -1.92. The van der Waals surface area contributed by atoms with E-state index in [0.717, 1.165) is 87.6 Å². The molecule has 0 fully saturated rings. The van der Waals surface area contributed by atoms with Gasteiger partial charge >= 0.3 is 0 Å². The lowest BCUT2D eigenvalue weighted by molar-refractivity contribution is 0.673.